The Bertz CT molecular complexity index is 990. The molecule has 3 aromatic rings. The Kier molecular flexibility index (Phi) is 5.18. The van der Waals surface area contributed by atoms with Crippen molar-refractivity contribution >= 4 is 5.97 Å². The second-order valence-corrected chi connectivity index (χ2v) is 8.39. The predicted molar refractivity (Wildman–Crippen MR) is 113 cm³/mol. The maximum atomic E-state index is 12.7. The lowest BCUT2D eigenvalue weighted by atomic mass is 10.1. The van der Waals surface area contributed by atoms with Gasteiger partial charge >= 0.3 is 5.97 Å². The molecule has 1 saturated carbocycles. The predicted octanol–water partition coefficient (Wildman–Crippen LogP) is 4.99. The summed E-state index contributed by atoms with van der Waals surface area (Å²) >= 11 is 0. The second-order valence-electron chi connectivity index (χ2n) is 8.39. The minimum Gasteiger partial charge on any atom is -0.489 e. The molecule has 0 saturated heterocycles. The van der Waals surface area contributed by atoms with Crippen LogP contribution in [0.1, 0.15) is 30.5 Å². The average Bonchev–Trinajstić information content (AvgIpc) is 3.01. The summed E-state index contributed by atoms with van der Waals surface area (Å²) in [5, 5.41) is 0. The number of carbonyl (C=O) groups is 1. The summed E-state index contributed by atoms with van der Waals surface area (Å²) in [4.78, 5) is 12.7. The van der Waals surface area contributed by atoms with Gasteiger partial charge in [0, 0.05) is 17.8 Å². The van der Waals surface area contributed by atoms with Crippen molar-refractivity contribution in [2.45, 2.75) is 40.0 Å². The highest BCUT2D eigenvalue weighted by atomic mass is 16.6. The van der Waals surface area contributed by atoms with Crippen LogP contribution in [-0.2, 0) is 22.7 Å². The molecule has 0 radical (unpaired) electrons. The molecule has 0 bridgehead atoms. The standard InChI is InChI=1S/C25H27NO3/c1-18-9-7-8-12-21(18)29-23-22(25(23,2)3)24(27)28-17-26-14-13-20(16-26)15-19-10-5-4-6-11-19/h4-14,16,22-23H,15,17H2,1-3H3. The molecule has 1 fully saturated rings. The number of ether oxygens (including phenoxy) is 2. The van der Waals surface area contributed by atoms with Crippen molar-refractivity contribution in [3.05, 3.63) is 89.7 Å². The van der Waals surface area contributed by atoms with Gasteiger partial charge in [-0.15, -0.1) is 0 Å². The number of hydrogen-bond acceptors (Lipinski definition) is 3. The Hall–Kier alpha value is -3.01. The van der Waals surface area contributed by atoms with Crippen LogP contribution in [0.25, 0.3) is 0 Å². The van der Waals surface area contributed by atoms with E-state index in [1.807, 2.05) is 66.3 Å². The largest absolute Gasteiger partial charge is 0.489 e. The molecule has 2 aromatic carbocycles. The minimum atomic E-state index is -0.249. The Labute approximate surface area is 172 Å². The van der Waals surface area contributed by atoms with Gasteiger partial charge in [-0.25, -0.2) is 0 Å². The third-order valence-electron chi connectivity index (χ3n) is 5.75. The van der Waals surface area contributed by atoms with E-state index in [0.29, 0.717) is 0 Å². The first-order chi connectivity index (χ1) is 13.9. The number of para-hydroxylation sites is 1. The van der Waals surface area contributed by atoms with E-state index in [9.17, 15) is 4.79 Å². The number of nitrogens with zero attached hydrogens (tertiary/aromatic N) is 1. The number of rotatable bonds is 7. The van der Waals surface area contributed by atoms with Crippen molar-refractivity contribution < 1.29 is 14.3 Å². The van der Waals surface area contributed by atoms with Gasteiger partial charge in [-0.2, -0.15) is 0 Å². The maximum absolute atomic E-state index is 12.7. The molecule has 0 amide bonds. The van der Waals surface area contributed by atoms with Crippen LogP contribution in [0.15, 0.2) is 73.1 Å². The van der Waals surface area contributed by atoms with Gasteiger partial charge in [0.2, 0.25) is 0 Å². The number of aromatic nitrogens is 1. The smallest absolute Gasteiger partial charge is 0.315 e. The van der Waals surface area contributed by atoms with Crippen LogP contribution in [0, 0.1) is 18.3 Å². The number of aryl methyl sites for hydroxylation is 1. The zero-order valence-corrected chi connectivity index (χ0v) is 17.2. The molecule has 0 aliphatic heterocycles. The van der Waals surface area contributed by atoms with Crippen LogP contribution in [-0.4, -0.2) is 16.6 Å². The van der Waals surface area contributed by atoms with Gasteiger partial charge in [0.15, 0.2) is 6.73 Å². The van der Waals surface area contributed by atoms with Gasteiger partial charge in [0.25, 0.3) is 0 Å². The van der Waals surface area contributed by atoms with Crippen molar-refractivity contribution in [3.8, 4) is 5.75 Å². The molecular formula is C25H27NO3. The Morgan fingerprint density at radius 2 is 1.72 bits per heavy atom. The SMILES string of the molecule is Cc1ccccc1OC1C(C(=O)OCn2ccc(Cc3ccccc3)c2)C1(C)C. The normalized spacial score (nSPS) is 19.6. The van der Waals surface area contributed by atoms with E-state index in [2.05, 4.69) is 32.0 Å². The fourth-order valence-electron chi connectivity index (χ4n) is 3.80. The Morgan fingerprint density at radius 1 is 1.00 bits per heavy atom. The summed E-state index contributed by atoms with van der Waals surface area (Å²) < 4.78 is 13.6. The van der Waals surface area contributed by atoms with Gasteiger partial charge in [0.1, 0.15) is 17.8 Å². The first kappa shape index (κ1) is 19.3. The highest BCUT2D eigenvalue weighted by Crippen LogP contribution is 2.54. The fourth-order valence-corrected chi connectivity index (χ4v) is 3.80. The minimum absolute atomic E-state index is 0.158. The van der Waals surface area contributed by atoms with E-state index in [1.165, 1.54) is 11.1 Å². The third-order valence-corrected chi connectivity index (χ3v) is 5.75. The lowest BCUT2D eigenvalue weighted by Crippen LogP contribution is -2.14. The zero-order chi connectivity index (χ0) is 20.4. The molecule has 0 N–H and O–H groups in total. The summed E-state index contributed by atoms with van der Waals surface area (Å²) in [6.45, 7) is 6.33. The van der Waals surface area contributed by atoms with Crippen LogP contribution < -0.4 is 4.74 Å². The van der Waals surface area contributed by atoms with E-state index in [0.717, 1.165) is 17.7 Å². The van der Waals surface area contributed by atoms with Crippen LogP contribution in [0.4, 0.5) is 0 Å². The Morgan fingerprint density at radius 3 is 2.48 bits per heavy atom. The summed E-state index contributed by atoms with van der Waals surface area (Å²) in [6, 6.07) is 20.3. The molecule has 1 aromatic heterocycles. The molecule has 1 aliphatic rings. The summed E-state index contributed by atoms with van der Waals surface area (Å²) in [6.07, 6.45) is 4.68. The first-order valence-electron chi connectivity index (χ1n) is 10.0. The quantitative estimate of drug-likeness (QED) is 0.535. The molecule has 1 heterocycles. The van der Waals surface area contributed by atoms with Gasteiger partial charge < -0.3 is 14.0 Å². The summed E-state index contributed by atoms with van der Waals surface area (Å²) in [5.41, 5.74) is 3.30. The molecule has 150 valence electrons. The number of esters is 1. The highest BCUT2D eigenvalue weighted by Gasteiger charge is 2.65. The zero-order valence-electron chi connectivity index (χ0n) is 17.2. The van der Waals surface area contributed by atoms with Gasteiger partial charge in [-0.05, 0) is 42.2 Å². The molecule has 29 heavy (non-hydrogen) atoms. The van der Waals surface area contributed by atoms with Crippen molar-refractivity contribution in [2.24, 2.45) is 11.3 Å². The summed E-state index contributed by atoms with van der Waals surface area (Å²) in [7, 11) is 0. The average molecular weight is 389 g/mol. The topological polar surface area (TPSA) is 40.5 Å². The van der Waals surface area contributed by atoms with E-state index in [4.69, 9.17) is 9.47 Å². The van der Waals surface area contributed by atoms with Gasteiger partial charge in [0.05, 0.1) is 0 Å². The van der Waals surface area contributed by atoms with Crippen molar-refractivity contribution in [2.75, 3.05) is 0 Å². The maximum Gasteiger partial charge on any atom is 0.315 e. The molecule has 4 rings (SSSR count). The number of hydrogen-bond donors (Lipinski definition) is 0. The summed E-state index contributed by atoms with van der Waals surface area (Å²) in [5.74, 6) is 0.380. The van der Waals surface area contributed by atoms with Gasteiger partial charge in [-0.3, -0.25) is 4.79 Å². The first-order valence-corrected chi connectivity index (χ1v) is 10.0. The van der Waals surface area contributed by atoms with Gasteiger partial charge in [-0.1, -0.05) is 62.4 Å². The van der Waals surface area contributed by atoms with Crippen LogP contribution in [0.2, 0.25) is 0 Å². The molecular weight excluding hydrogens is 362 g/mol. The molecule has 4 heteroatoms. The number of benzene rings is 2. The molecule has 0 spiro atoms. The lowest BCUT2D eigenvalue weighted by Gasteiger charge is -2.09. The fraction of sp³-hybridized carbons (Fsp3) is 0.320. The number of carbonyl (C=O) groups excluding carboxylic acids is 1. The van der Waals surface area contributed by atoms with E-state index in [1.54, 1.807) is 0 Å². The van der Waals surface area contributed by atoms with Crippen LogP contribution >= 0.6 is 0 Å². The van der Waals surface area contributed by atoms with Crippen molar-refractivity contribution in [1.29, 1.82) is 0 Å². The van der Waals surface area contributed by atoms with E-state index >= 15 is 0 Å². The van der Waals surface area contributed by atoms with E-state index in [-0.39, 0.29) is 30.1 Å². The third kappa shape index (κ3) is 4.21. The van der Waals surface area contributed by atoms with Crippen molar-refractivity contribution in [3.63, 3.8) is 0 Å². The van der Waals surface area contributed by atoms with Crippen LogP contribution in [0.5, 0.6) is 5.75 Å². The molecule has 4 nitrogen and oxygen atoms in total. The molecule has 1 aliphatic carbocycles. The lowest BCUT2D eigenvalue weighted by molar-refractivity contribution is -0.150. The van der Waals surface area contributed by atoms with E-state index < -0.39 is 0 Å². The Balaban J connectivity index is 1.32. The second kappa shape index (κ2) is 7.78. The monoisotopic (exact) mass is 389 g/mol. The molecule has 2 unspecified atom stereocenters. The highest BCUT2D eigenvalue weighted by molar-refractivity contribution is 5.78. The van der Waals surface area contributed by atoms with Crippen LogP contribution in [0.3, 0.4) is 0 Å². The molecule has 2 atom stereocenters. The van der Waals surface area contributed by atoms with Crippen molar-refractivity contribution in [1.82, 2.24) is 4.57 Å².